The number of ether oxygens (including phenoxy) is 1. The zero-order valence-corrected chi connectivity index (χ0v) is 12.1. The minimum atomic E-state index is -0.209. The molecular formula is C14H16N6O. The second-order valence-electron chi connectivity index (χ2n) is 4.56. The van der Waals surface area contributed by atoms with Crippen LogP contribution >= 0.6 is 0 Å². The number of rotatable bonds is 4. The summed E-state index contributed by atoms with van der Waals surface area (Å²) in [6, 6.07) is 3.84. The van der Waals surface area contributed by atoms with Gasteiger partial charge in [-0.25, -0.2) is 19.9 Å². The van der Waals surface area contributed by atoms with Gasteiger partial charge in [-0.3, -0.25) is 0 Å². The van der Waals surface area contributed by atoms with Crippen LogP contribution in [-0.4, -0.2) is 39.1 Å². The number of fused-ring (bicyclic) bond motifs is 1. The third-order valence-electron chi connectivity index (χ3n) is 3.32. The van der Waals surface area contributed by atoms with E-state index >= 15 is 0 Å². The SMILES string of the molecule is CNc1ncccc1-c1nc(C(C)OC)nc2nc[nH]c12. The molecule has 3 aromatic rings. The fraction of sp³-hybridized carbons (Fsp3) is 0.286. The molecule has 108 valence electrons. The Balaban J connectivity index is 2.27. The summed E-state index contributed by atoms with van der Waals surface area (Å²) in [6.45, 7) is 1.90. The number of pyridine rings is 1. The molecule has 0 amide bonds. The van der Waals surface area contributed by atoms with E-state index in [0.29, 0.717) is 11.5 Å². The van der Waals surface area contributed by atoms with E-state index < -0.39 is 0 Å². The van der Waals surface area contributed by atoms with Crippen molar-refractivity contribution < 1.29 is 4.74 Å². The van der Waals surface area contributed by atoms with Gasteiger partial charge in [0, 0.05) is 25.9 Å². The zero-order chi connectivity index (χ0) is 14.8. The Hall–Kier alpha value is -2.54. The quantitative estimate of drug-likeness (QED) is 0.763. The maximum Gasteiger partial charge on any atom is 0.181 e. The Labute approximate surface area is 121 Å². The van der Waals surface area contributed by atoms with Crippen LogP contribution in [0.4, 0.5) is 5.82 Å². The number of methoxy groups -OCH3 is 1. The van der Waals surface area contributed by atoms with Gasteiger partial charge in [-0.1, -0.05) is 0 Å². The van der Waals surface area contributed by atoms with E-state index in [4.69, 9.17) is 4.74 Å². The number of hydrogen-bond donors (Lipinski definition) is 2. The topological polar surface area (TPSA) is 88.6 Å². The molecule has 0 aliphatic rings. The second-order valence-corrected chi connectivity index (χ2v) is 4.56. The summed E-state index contributed by atoms with van der Waals surface area (Å²) in [6.07, 6.45) is 3.14. The van der Waals surface area contributed by atoms with Gasteiger partial charge >= 0.3 is 0 Å². The van der Waals surface area contributed by atoms with Crippen molar-refractivity contribution in [2.45, 2.75) is 13.0 Å². The molecule has 0 aromatic carbocycles. The fourth-order valence-corrected chi connectivity index (χ4v) is 2.13. The molecule has 0 saturated carbocycles. The normalized spacial score (nSPS) is 12.5. The molecule has 7 heteroatoms. The molecule has 7 nitrogen and oxygen atoms in total. The monoisotopic (exact) mass is 284 g/mol. The van der Waals surface area contributed by atoms with Crippen LogP contribution in [0.2, 0.25) is 0 Å². The van der Waals surface area contributed by atoms with Crippen molar-refractivity contribution in [3.8, 4) is 11.3 Å². The fourth-order valence-electron chi connectivity index (χ4n) is 2.13. The molecule has 0 fully saturated rings. The van der Waals surface area contributed by atoms with Gasteiger partial charge in [-0.2, -0.15) is 0 Å². The van der Waals surface area contributed by atoms with Gasteiger partial charge in [0.05, 0.1) is 6.33 Å². The first kappa shape index (κ1) is 13.4. The molecule has 1 atom stereocenters. The van der Waals surface area contributed by atoms with Crippen LogP contribution in [0.1, 0.15) is 18.9 Å². The summed E-state index contributed by atoms with van der Waals surface area (Å²) in [4.78, 5) is 20.7. The third kappa shape index (κ3) is 2.31. The van der Waals surface area contributed by atoms with Crippen molar-refractivity contribution in [3.63, 3.8) is 0 Å². The highest BCUT2D eigenvalue weighted by Crippen LogP contribution is 2.29. The van der Waals surface area contributed by atoms with Gasteiger partial charge in [0.1, 0.15) is 23.1 Å². The zero-order valence-electron chi connectivity index (χ0n) is 12.1. The predicted octanol–water partition coefficient (Wildman–Crippen LogP) is 2.16. The van der Waals surface area contributed by atoms with Crippen molar-refractivity contribution in [3.05, 3.63) is 30.5 Å². The second kappa shape index (κ2) is 5.45. The van der Waals surface area contributed by atoms with Gasteiger partial charge in [0.15, 0.2) is 11.5 Å². The van der Waals surface area contributed by atoms with Gasteiger partial charge in [0.2, 0.25) is 0 Å². The molecular weight excluding hydrogens is 268 g/mol. The molecule has 21 heavy (non-hydrogen) atoms. The highest BCUT2D eigenvalue weighted by atomic mass is 16.5. The van der Waals surface area contributed by atoms with E-state index in [0.717, 1.165) is 22.6 Å². The van der Waals surface area contributed by atoms with E-state index in [2.05, 4.69) is 30.2 Å². The van der Waals surface area contributed by atoms with Crippen LogP contribution < -0.4 is 5.32 Å². The number of H-pyrrole nitrogens is 1. The first-order valence-corrected chi connectivity index (χ1v) is 6.61. The molecule has 0 bridgehead atoms. The van der Waals surface area contributed by atoms with Gasteiger partial charge in [-0.05, 0) is 19.1 Å². The van der Waals surface area contributed by atoms with Crippen molar-refractivity contribution in [2.75, 3.05) is 19.5 Å². The molecule has 0 radical (unpaired) electrons. The summed E-state index contributed by atoms with van der Waals surface area (Å²) in [5, 5.41) is 3.08. The summed E-state index contributed by atoms with van der Waals surface area (Å²) >= 11 is 0. The summed E-state index contributed by atoms with van der Waals surface area (Å²) < 4.78 is 5.31. The molecule has 0 aliphatic carbocycles. The Kier molecular flexibility index (Phi) is 3.49. The smallest absolute Gasteiger partial charge is 0.181 e. The Morgan fingerprint density at radius 2 is 2.14 bits per heavy atom. The van der Waals surface area contributed by atoms with Gasteiger partial charge < -0.3 is 15.0 Å². The highest BCUT2D eigenvalue weighted by Gasteiger charge is 2.17. The summed E-state index contributed by atoms with van der Waals surface area (Å²) in [5.41, 5.74) is 3.05. The van der Waals surface area contributed by atoms with E-state index in [1.54, 1.807) is 19.6 Å². The van der Waals surface area contributed by atoms with Gasteiger partial charge in [0.25, 0.3) is 0 Å². The van der Waals surface area contributed by atoms with E-state index in [9.17, 15) is 0 Å². The van der Waals surface area contributed by atoms with Crippen molar-refractivity contribution in [2.24, 2.45) is 0 Å². The highest BCUT2D eigenvalue weighted by molar-refractivity contribution is 5.90. The lowest BCUT2D eigenvalue weighted by Crippen LogP contribution is -2.05. The maximum absolute atomic E-state index is 5.31. The predicted molar refractivity (Wildman–Crippen MR) is 79.9 cm³/mol. The molecule has 0 spiro atoms. The lowest BCUT2D eigenvalue weighted by Gasteiger charge is -2.12. The van der Waals surface area contributed by atoms with Gasteiger partial charge in [-0.15, -0.1) is 0 Å². The Morgan fingerprint density at radius 1 is 1.29 bits per heavy atom. The lowest BCUT2D eigenvalue weighted by atomic mass is 10.1. The Bertz CT molecular complexity index is 769. The maximum atomic E-state index is 5.31. The number of aromatic nitrogens is 5. The molecule has 1 unspecified atom stereocenters. The van der Waals surface area contributed by atoms with Crippen molar-refractivity contribution >= 4 is 17.0 Å². The van der Waals surface area contributed by atoms with Crippen LogP contribution in [0.15, 0.2) is 24.7 Å². The molecule has 2 N–H and O–H groups in total. The van der Waals surface area contributed by atoms with E-state index in [-0.39, 0.29) is 6.10 Å². The van der Waals surface area contributed by atoms with E-state index in [1.807, 2.05) is 26.1 Å². The standard InChI is InChI=1S/C14H16N6O/c1-8(21-3)12-19-10(11-14(20-12)18-7-17-11)9-5-4-6-16-13(9)15-2/h4-8H,1-3H3,(H,15,16)(H,17,18,19,20). The average molecular weight is 284 g/mol. The summed E-state index contributed by atoms with van der Waals surface area (Å²) in [7, 11) is 3.46. The first-order chi connectivity index (χ1) is 10.2. The number of nitrogens with one attached hydrogen (secondary N) is 2. The van der Waals surface area contributed by atoms with Crippen LogP contribution in [0.3, 0.4) is 0 Å². The first-order valence-electron chi connectivity index (χ1n) is 6.61. The third-order valence-corrected chi connectivity index (χ3v) is 3.32. The number of imidazole rings is 1. The number of anilines is 1. The molecule has 0 aliphatic heterocycles. The van der Waals surface area contributed by atoms with Crippen LogP contribution in [0.25, 0.3) is 22.4 Å². The van der Waals surface area contributed by atoms with Crippen molar-refractivity contribution in [1.29, 1.82) is 0 Å². The lowest BCUT2D eigenvalue weighted by molar-refractivity contribution is 0.112. The number of hydrogen-bond acceptors (Lipinski definition) is 6. The van der Waals surface area contributed by atoms with Crippen LogP contribution in [0.5, 0.6) is 0 Å². The van der Waals surface area contributed by atoms with Crippen molar-refractivity contribution in [1.82, 2.24) is 24.9 Å². The van der Waals surface area contributed by atoms with E-state index in [1.165, 1.54) is 0 Å². The van der Waals surface area contributed by atoms with Crippen LogP contribution in [0, 0.1) is 0 Å². The Morgan fingerprint density at radius 3 is 2.90 bits per heavy atom. The molecule has 3 rings (SSSR count). The minimum absolute atomic E-state index is 0.209. The summed E-state index contributed by atoms with van der Waals surface area (Å²) in [5.74, 6) is 1.35. The molecule has 3 heterocycles. The average Bonchev–Trinajstić information content (AvgIpc) is 3.01. The largest absolute Gasteiger partial charge is 0.374 e. The molecule has 3 aromatic heterocycles. The van der Waals surface area contributed by atoms with Crippen LogP contribution in [-0.2, 0) is 4.74 Å². The molecule has 0 saturated heterocycles. The number of aromatic amines is 1. The minimum Gasteiger partial charge on any atom is -0.374 e. The number of nitrogens with zero attached hydrogens (tertiary/aromatic N) is 4.